The van der Waals surface area contributed by atoms with E-state index in [-0.39, 0.29) is 36.5 Å². The largest absolute Gasteiger partial charge is 0.477 e. The quantitative estimate of drug-likeness (QED) is 0.465. The van der Waals surface area contributed by atoms with Gasteiger partial charge in [-0.05, 0) is 24.8 Å². The van der Waals surface area contributed by atoms with Gasteiger partial charge in [-0.15, -0.1) is 0 Å². The smallest absolute Gasteiger partial charge is 0.378 e. The molecule has 2 amide bonds. The molecule has 0 atom stereocenters. The number of likely N-dealkylation sites (tertiary alicyclic amines) is 1. The zero-order valence-electron chi connectivity index (χ0n) is 16.9. The van der Waals surface area contributed by atoms with Gasteiger partial charge in [-0.3, -0.25) is 9.59 Å². The third-order valence-corrected chi connectivity index (χ3v) is 5.21. The van der Waals surface area contributed by atoms with Gasteiger partial charge in [0.05, 0.1) is 31.4 Å². The number of rotatable bonds is 6. The molecule has 0 unspecified atom stereocenters. The van der Waals surface area contributed by atoms with Gasteiger partial charge in [-0.2, -0.15) is 4.57 Å². The fraction of sp³-hybridized carbons (Fsp3) is 0.500. The number of nitrogens with zero attached hydrogens (tertiary/aromatic N) is 3. The summed E-state index contributed by atoms with van der Waals surface area (Å²) in [6, 6.07) is 0.0362. The fourth-order valence-electron chi connectivity index (χ4n) is 3.48. The molecule has 0 bridgehead atoms. The summed E-state index contributed by atoms with van der Waals surface area (Å²) < 4.78 is 15.7. The SMILES string of the molecule is CC(C)C[n+]1c(O)c(C(=O)NC2CC2)c(=O)n2[nH]cc(/C=C/C(=O)N3CC(F)C3)c21. The number of hydrogen-bond donors (Lipinski definition) is 3. The van der Waals surface area contributed by atoms with Gasteiger partial charge >= 0.3 is 17.1 Å². The van der Waals surface area contributed by atoms with Crippen LogP contribution in [0.1, 0.15) is 42.6 Å². The molecule has 160 valence electrons. The summed E-state index contributed by atoms with van der Waals surface area (Å²) in [6.07, 6.45) is 5.07. The summed E-state index contributed by atoms with van der Waals surface area (Å²) in [6.45, 7) is 4.39. The molecule has 1 aliphatic heterocycles. The maximum Gasteiger partial charge on any atom is 0.378 e. The van der Waals surface area contributed by atoms with E-state index in [9.17, 15) is 23.9 Å². The number of alkyl halides is 1. The lowest BCUT2D eigenvalue weighted by Gasteiger charge is -2.33. The summed E-state index contributed by atoms with van der Waals surface area (Å²) >= 11 is 0. The van der Waals surface area contributed by atoms with Crippen molar-refractivity contribution < 1.29 is 23.7 Å². The Bertz CT molecular complexity index is 1090. The Hall–Kier alpha value is -3.17. The average molecular weight is 418 g/mol. The predicted molar refractivity (Wildman–Crippen MR) is 106 cm³/mol. The van der Waals surface area contributed by atoms with Gasteiger partial charge < -0.3 is 15.3 Å². The van der Waals surface area contributed by atoms with E-state index >= 15 is 0 Å². The van der Waals surface area contributed by atoms with E-state index < -0.39 is 23.5 Å². The van der Waals surface area contributed by atoms with Gasteiger partial charge in [-0.1, -0.05) is 18.4 Å². The van der Waals surface area contributed by atoms with Gasteiger partial charge in [0, 0.05) is 12.1 Å². The Morgan fingerprint density at radius 1 is 1.40 bits per heavy atom. The van der Waals surface area contributed by atoms with Crippen LogP contribution in [0.5, 0.6) is 5.88 Å². The molecule has 2 fully saturated rings. The molecular weight excluding hydrogens is 393 g/mol. The molecule has 1 saturated heterocycles. The van der Waals surface area contributed by atoms with Crippen molar-refractivity contribution in [3.8, 4) is 5.88 Å². The van der Waals surface area contributed by atoms with Crippen molar-refractivity contribution in [3.63, 3.8) is 0 Å². The highest BCUT2D eigenvalue weighted by Gasteiger charge is 2.34. The van der Waals surface area contributed by atoms with E-state index in [0.717, 1.165) is 12.8 Å². The van der Waals surface area contributed by atoms with Gasteiger partial charge in [-0.25, -0.2) is 14.3 Å². The minimum absolute atomic E-state index is 0.0362. The standard InChI is InChI=1S/C20H24FN5O4/c1-11(2)8-25-18-12(3-6-15(27)24-9-13(21)10-24)7-22-26(18)20(30)16(19(25)29)17(28)23-14-4-5-14/h3,6-7,11,13-14H,4-5,8-10H2,1-2H3,(H2,23,28,29,30)/p+1/b6-3+. The van der Waals surface area contributed by atoms with E-state index in [4.69, 9.17) is 0 Å². The Morgan fingerprint density at radius 3 is 2.70 bits per heavy atom. The topological polar surface area (TPSA) is 111 Å². The summed E-state index contributed by atoms with van der Waals surface area (Å²) in [4.78, 5) is 39.0. The van der Waals surface area contributed by atoms with Crippen molar-refractivity contribution in [1.82, 2.24) is 19.8 Å². The van der Waals surface area contributed by atoms with Crippen molar-refractivity contribution in [2.75, 3.05) is 13.1 Å². The first-order valence-electron chi connectivity index (χ1n) is 10.1. The van der Waals surface area contributed by atoms with Gasteiger partial charge in [0.2, 0.25) is 11.5 Å². The second-order valence-corrected chi connectivity index (χ2v) is 8.32. The van der Waals surface area contributed by atoms with E-state index in [0.29, 0.717) is 17.8 Å². The summed E-state index contributed by atoms with van der Waals surface area (Å²) in [5.41, 5.74) is -0.161. The van der Waals surface area contributed by atoms with Gasteiger partial charge in [0.25, 0.3) is 5.91 Å². The van der Waals surface area contributed by atoms with Crippen LogP contribution >= 0.6 is 0 Å². The van der Waals surface area contributed by atoms with E-state index in [2.05, 4.69) is 10.4 Å². The van der Waals surface area contributed by atoms with Crippen LogP contribution in [0.2, 0.25) is 0 Å². The van der Waals surface area contributed by atoms with Crippen molar-refractivity contribution in [2.24, 2.45) is 5.92 Å². The van der Waals surface area contributed by atoms with Crippen molar-refractivity contribution >= 4 is 23.5 Å². The summed E-state index contributed by atoms with van der Waals surface area (Å²) in [7, 11) is 0. The van der Waals surface area contributed by atoms with Gasteiger partial charge in [0.15, 0.2) is 0 Å². The first-order valence-corrected chi connectivity index (χ1v) is 10.1. The molecule has 30 heavy (non-hydrogen) atoms. The highest BCUT2D eigenvalue weighted by Crippen LogP contribution is 2.21. The molecule has 0 aromatic carbocycles. The Balaban J connectivity index is 1.77. The zero-order chi connectivity index (χ0) is 21.6. The van der Waals surface area contributed by atoms with E-state index in [1.807, 2.05) is 13.8 Å². The Morgan fingerprint density at radius 2 is 2.10 bits per heavy atom. The average Bonchev–Trinajstić information content (AvgIpc) is 3.36. The van der Waals surface area contributed by atoms with Crippen molar-refractivity contribution in [3.05, 3.63) is 33.8 Å². The van der Waals surface area contributed by atoms with Crippen LogP contribution in [0.4, 0.5) is 4.39 Å². The monoisotopic (exact) mass is 418 g/mol. The van der Waals surface area contributed by atoms with E-state index in [1.54, 1.807) is 0 Å². The predicted octanol–water partition coefficient (Wildman–Crippen LogP) is 0.362. The lowest BCUT2D eigenvalue weighted by molar-refractivity contribution is -0.686. The maximum atomic E-state index is 13.0. The number of aromatic hydroxyl groups is 1. The lowest BCUT2D eigenvalue weighted by atomic mass is 10.1. The molecule has 2 aliphatic rings. The number of aromatic amines is 1. The molecule has 4 rings (SSSR count). The second kappa shape index (κ2) is 7.58. The third-order valence-electron chi connectivity index (χ3n) is 5.21. The lowest BCUT2D eigenvalue weighted by Crippen LogP contribution is -2.50. The highest BCUT2D eigenvalue weighted by molar-refractivity contribution is 5.96. The minimum Gasteiger partial charge on any atom is -0.477 e. The second-order valence-electron chi connectivity index (χ2n) is 8.32. The normalized spacial score (nSPS) is 17.1. The molecule has 1 aliphatic carbocycles. The minimum atomic E-state index is -0.987. The van der Waals surface area contributed by atoms with Crippen LogP contribution in [0.3, 0.4) is 0 Å². The van der Waals surface area contributed by atoms with Crippen molar-refractivity contribution in [1.29, 1.82) is 0 Å². The van der Waals surface area contributed by atoms with Gasteiger partial charge in [0.1, 0.15) is 6.17 Å². The third kappa shape index (κ3) is 3.69. The maximum absolute atomic E-state index is 13.0. The molecule has 3 heterocycles. The number of aromatic nitrogens is 3. The van der Waals surface area contributed by atoms with Crippen LogP contribution in [-0.2, 0) is 11.3 Å². The molecule has 3 N–H and O–H groups in total. The summed E-state index contributed by atoms with van der Waals surface area (Å²) in [5.74, 6) is -1.23. The molecule has 1 saturated carbocycles. The molecule has 2 aromatic rings. The number of H-pyrrole nitrogens is 1. The number of carbonyl (C=O) groups excluding carboxylic acids is 2. The molecular formula is C20H25FN5O4+. The van der Waals surface area contributed by atoms with Crippen LogP contribution in [0, 0.1) is 5.92 Å². The zero-order valence-corrected chi connectivity index (χ0v) is 16.9. The molecule has 10 heteroatoms. The van der Waals surface area contributed by atoms with Crippen LogP contribution in [-0.4, -0.2) is 56.7 Å². The molecule has 9 nitrogen and oxygen atoms in total. The number of halogens is 1. The number of hydrogen-bond acceptors (Lipinski definition) is 4. The van der Waals surface area contributed by atoms with E-state index in [1.165, 1.54) is 32.3 Å². The number of carbonyl (C=O) groups is 2. The first-order chi connectivity index (χ1) is 14.3. The molecule has 0 spiro atoms. The highest BCUT2D eigenvalue weighted by atomic mass is 19.1. The number of nitrogens with one attached hydrogen (secondary N) is 2. The van der Waals surface area contributed by atoms with Crippen LogP contribution in [0.25, 0.3) is 11.7 Å². The van der Waals surface area contributed by atoms with Crippen LogP contribution in [0.15, 0.2) is 17.1 Å². The molecule has 2 aromatic heterocycles. The summed E-state index contributed by atoms with van der Waals surface area (Å²) in [5, 5.41) is 16.4. The first kappa shape index (κ1) is 20.1. The Kier molecular flexibility index (Phi) is 5.08. The van der Waals surface area contributed by atoms with Crippen molar-refractivity contribution in [2.45, 2.75) is 45.4 Å². The van der Waals surface area contributed by atoms with Crippen LogP contribution < -0.4 is 15.4 Å². The number of fused-ring (bicyclic) bond motifs is 1. The molecule has 0 radical (unpaired) electrons. The Labute approximate surface area is 171 Å². The fourth-order valence-corrected chi connectivity index (χ4v) is 3.48. The number of amides is 2.